The lowest BCUT2D eigenvalue weighted by Gasteiger charge is -2.32. The van der Waals surface area contributed by atoms with Gasteiger partial charge in [-0.3, -0.25) is 9.59 Å². The maximum absolute atomic E-state index is 12.6. The number of carbonyl (C=O) groups is 2. The minimum absolute atomic E-state index is 0.0690. The van der Waals surface area contributed by atoms with Crippen LogP contribution < -0.4 is 5.32 Å². The second kappa shape index (κ2) is 9.54. The Morgan fingerprint density at radius 1 is 1.04 bits per heavy atom. The lowest BCUT2D eigenvalue weighted by Crippen LogP contribution is -2.46. The van der Waals surface area contributed by atoms with Crippen LogP contribution in [-0.2, 0) is 4.79 Å². The van der Waals surface area contributed by atoms with Gasteiger partial charge in [-0.2, -0.15) is 0 Å². The first kappa shape index (κ1) is 19.4. The Bertz CT molecular complexity index is 620. The predicted molar refractivity (Wildman–Crippen MR) is 107 cm³/mol. The van der Waals surface area contributed by atoms with Crippen molar-refractivity contribution in [2.45, 2.75) is 63.8 Å². The fourth-order valence-electron chi connectivity index (χ4n) is 4.14. The van der Waals surface area contributed by atoms with Gasteiger partial charge in [0.05, 0.1) is 5.56 Å². The van der Waals surface area contributed by atoms with E-state index in [-0.39, 0.29) is 17.9 Å². The van der Waals surface area contributed by atoms with Gasteiger partial charge in [0.2, 0.25) is 5.91 Å². The van der Waals surface area contributed by atoms with E-state index in [1.807, 2.05) is 29.2 Å². The van der Waals surface area contributed by atoms with Crippen LogP contribution in [0, 0.1) is 5.92 Å². The SMILES string of the molecule is O=C(CCC1CCCCC1)NC1CCN(C(=O)c2ccccc2Br)CC1. The van der Waals surface area contributed by atoms with E-state index in [9.17, 15) is 9.59 Å². The Labute approximate surface area is 164 Å². The number of amides is 2. The molecule has 1 aliphatic carbocycles. The molecule has 1 saturated heterocycles. The molecule has 142 valence electrons. The first-order valence-electron chi connectivity index (χ1n) is 9.96. The highest BCUT2D eigenvalue weighted by molar-refractivity contribution is 9.10. The standard InChI is InChI=1S/C21H29BrN2O2/c22-19-9-5-4-8-18(19)21(26)24-14-12-17(13-15-24)23-20(25)11-10-16-6-2-1-3-7-16/h4-5,8-9,16-17H,1-3,6-7,10-15H2,(H,23,25). The molecule has 26 heavy (non-hydrogen) atoms. The third kappa shape index (κ3) is 5.32. The number of nitrogens with one attached hydrogen (secondary N) is 1. The first-order chi connectivity index (χ1) is 12.6. The summed E-state index contributed by atoms with van der Waals surface area (Å²) in [7, 11) is 0. The molecule has 0 bridgehead atoms. The molecule has 1 N–H and O–H groups in total. The Morgan fingerprint density at radius 2 is 1.73 bits per heavy atom. The third-order valence-electron chi connectivity index (χ3n) is 5.76. The van der Waals surface area contributed by atoms with Crippen LogP contribution in [0.2, 0.25) is 0 Å². The fraction of sp³-hybridized carbons (Fsp3) is 0.619. The van der Waals surface area contributed by atoms with Crippen molar-refractivity contribution in [2.24, 2.45) is 5.92 Å². The number of carbonyl (C=O) groups excluding carboxylic acids is 2. The molecule has 0 unspecified atom stereocenters. The van der Waals surface area contributed by atoms with Crippen LogP contribution in [0.3, 0.4) is 0 Å². The third-order valence-corrected chi connectivity index (χ3v) is 6.45. The molecule has 1 saturated carbocycles. The second-order valence-corrected chi connectivity index (χ2v) is 8.51. The number of nitrogens with zero attached hydrogens (tertiary/aromatic N) is 1. The van der Waals surface area contributed by atoms with Crippen LogP contribution in [0.1, 0.15) is 68.1 Å². The fourth-order valence-corrected chi connectivity index (χ4v) is 4.60. The van der Waals surface area contributed by atoms with E-state index < -0.39 is 0 Å². The van der Waals surface area contributed by atoms with Gasteiger partial charge in [-0.05, 0) is 53.2 Å². The van der Waals surface area contributed by atoms with Crippen molar-refractivity contribution in [3.63, 3.8) is 0 Å². The predicted octanol–water partition coefficient (Wildman–Crippen LogP) is 4.53. The van der Waals surface area contributed by atoms with Crippen LogP contribution >= 0.6 is 15.9 Å². The maximum Gasteiger partial charge on any atom is 0.254 e. The number of piperidine rings is 1. The molecular formula is C21H29BrN2O2. The summed E-state index contributed by atoms with van der Waals surface area (Å²) in [5.41, 5.74) is 0.711. The van der Waals surface area contributed by atoms with Gasteiger partial charge in [0.25, 0.3) is 5.91 Å². The smallest absolute Gasteiger partial charge is 0.254 e. The molecule has 0 spiro atoms. The molecule has 3 rings (SSSR count). The average molecular weight is 421 g/mol. The number of rotatable bonds is 5. The van der Waals surface area contributed by atoms with E-state index in [0.717, 1.165) is 29.7 Å². The van der Waals surface area contributed by atoms with E-state index in [1.54, 1.807) is 0 Å². The van der Waals surface area contributed by atoms with Crippen molar-refractivity contribution >= 4 is 27.7 Å². The highest BCUT2D eigenvalue weighted by Gasteiger charge is 2.25. The number of benzene rings is 1. The lowest BCUT2D eigenvalue weighted by atomic mass is 9.86. The first-order valence-corrected chi connectivity index (χ1v) is 10.8. The summed E-state index contributed by atoms with van der Waals surface area (Å²) in [6.07, 6.45) is 9.97. The van der Waals surface area contributed by atoms with Gasteiger partial charge in [0, 0.05) is 30.0 Å². The summed E-state index contributed by atoms with van der Waals surface area (Å²) in [6, 6.07) is 7.75. The minimum atomic E-state index is 0.0690. The summed E-state index contributed by atoms with van der Waals surface area (Å²) in [4.78, 5) is 26.8. The molecular weight excluding hydrogens is 392 g/mol. The van der Waals surface area contributed by atoms with E-state index in [0.29, 0.717) is 25.1 Å². The summed E-state index contributed by atoms with van der Waals surface area (Å²) >= 11 is 3.45. The van der Waals surface area contributed by atoms with Gasteiger partial charge in [0.1, 0.15) is 0 Å². The van der Waals surface area contributed by atoms with Crippen LogP contribution in [0.4, 0.5) is 0 Å². The molecule has 1 heterocycles. The van der Waals surface area contributed by atoms with E-state index >= 15 is 0 Å². The normalized spacial score (nSPS) is 19.3. The topological polar surface area (TPSA) is 49.4 Å². The Hall–Kier alpha value is -1.36. The van der Waals surface area contributed by atoms with Crippen molar-refractivity contribution in [1.29, 1.82) is 0 Å². The molecule has 0 atom stereocenters. The molecule has 2 aliphatic rings. The molecule has 2 amide bonds. The average Bonchev–Trinajstić information content (AvgIpc) is 2.68. The Balaban J connectivity index is 1.40. The molecule has 0 radical (unpaired) electrons. The van der Waals surface area contributed by atoms with Crippen molar-refractivity contribution in [1.82, 2.24) is 10.2 Å². The molecule has 1 aromatic rings. The summed E-state index contributed by atoms with van der Waals surface area (Å²) in [5, 5.41) is 3.18. The monoisotopic (exact) mass is 420 g/mol. The Morgan fingerprint density at radius 3 is 2.42 bits per heavy atom. The zero-order valence-corrected chi connectivity index (χ0v) is 17.0. The van der Waals surface area contributed by atoms with Gasteiger partial charge >= 0.3 is 0 Å². The van der Waals surface area contributed by atoms with E-state index in [2.05, 4.69) is 21.2 Å². The van der Waals surface area contributed by atoms with Crippen molar-refractivity contribution < 1.29 is 9.59 Å². The van der Waals surface area contributed by atoms with Crippen molar-refractivity contribution in [3.05, 3.63) is 34.3 Å². The number of halogens is 1. The van der Waals surface area contributed by atoms with Crippen LogP contribution in [0.25, 0.3) is 0 Å². The highest BCUT2D eigenvalue weighted by Crippen LogP contribution is 2.27. The summed E-state index contributed by atoms with van der Waals surface area (Å²) in [6.45, 7) is 1.40. The largest absolute Gasteiger partial charge is 0.353 e. The lowest BCUT2D eigenvalue weighted by molar-refractivity contribution is -0.122. The number of hydrogen-bond donors (Lipinski definition) is 1. The van der Waals surface area contributed by atoms with Gasteiger partial charge in [-0.1, -0.05) is 44.2 Å². The van der Waals surface area contributed by atoms with Crippen molar-refractivity contribution in [2.75, 3.05) is 13.1 Å². The van der Waals surface area contributed by atoms with Crippen LogP contribution in [-0.4, -0.2) is 35.8 Å². The molecule has 2 fully saturated rings. The summed E-state index contributed by atoms with van der Waals surface area (Å²) in [5.74, 6) is 1.00. The van der Waals surface area contributed by atoms with Crippen LogP contribution in [0.15, 0.2) is 28.7 Å². The zero-order valence-electron chi connectivity index (χ0n) is 15.4. The van der Waals surface area contributed by atoms with Gasteiger partial charge in [0.15, 0.2) is 0 Å². The maximum atomic E-state index is 12.6. The quantitative estimate of drug-likeness (QED) is 0.760. The second-order valence-electron chi connectivity index (χ2n) is 7.66. The van der Waals surface area contributed by atoms with E-state index in [1.165, 1.54) is 32.1 Å². The Kier molecular flexibility index (Phi) is 7.12. The van der Waals surface area contributed by atoms with Gasteiger partial charge in [-0.25, -0.2) is 0 Å². The minimum Gasteiger partial charge on any atom is -0.353 e. The van der Waals surface area contributed by atoms with Crippen LogP contribution in [0.5, 0.6) is 0 Å². The van der Waals surface area contributed by atoms with Crippen molar-refractivity contribution in [3.8, 4) is 0 Å². The number of likely N-dealkylation sites (tertiary alicyclic amines) is 1. The molecule has 1 aliphatic heterocycles. The highest BCUT2D eigenvalue weighted by atomic mass is 79.9. The molecule has 0 aromatic heterocycles. The zero-order chi connectivity index (χ0) is 18.4. The number of hydrogen-bond acceptors (Lipinski definition) is 2. The summed E-state index contributed by atoms with van der Waals surface area (Å²) < 4.78 is 0.836. The molecule has 1 aromatic carbocycles. The van der Waals surface area contributed by atoms with E-state index in [4.69, 9.17) is 0 Å². The van der Waals surface area contributed by atoms with Gasteiger partial charge in [-0.15, -0.1) is 0 Å². The van der Waals surface area contributed by atoms with Gasteiger partial charge < -0.3 is 10.2 Å². The molecule has 5 heteroatoms. The molecule has 4 nitrogen and oxygen atoms in total.